The zero-order valence-electron chi connectivity index (χ0n) is 11.9. The Hall–Kier alpha value is -0.770. The smallest absolute Gasteiger partial charge is 0.140 e. The van der Waals surface area contributed by atoms with Gasteiger partial charge in [0, 0.05) is 18.5 Å². The van der Waals surface area contributed by atoms with E-state index in [2.05, 4.69) is 24.3 Å². The summed E-state index contributed by atoms with van der Waals surface area (Å²) in [6.07, 6.45) is 9.84. The van der Waals surface area contributed by atoms with E-state index < -0.39 is 0 Å². The third kappa shape index (κ3) is 5.25. The molecule has 0 amide bonds. The molecule has 0 saturated heterocycles. The first-order chi connectivity index (χ1) is 8.67. The van der Waals surface area contributed by atoms with Crippen molar-refractivity contribution in [1.82, 2.24) is 5.32 Å². The van der Waals surface area contributed by atoms with Gasteiger partial charge in [0.2, 0.25) is 0 Å². The van der Waals surface area contributed by atoms with E-state index in [1.54, 1.807) is 0 Å². The van der Waals surface area contributed by atoms with Gasteiger partial charge in [0.15, 0.2) is 0 Å². The number of hydrogen-bond acceptors (Lipinski definition) is 3. The van der Waals surface area contributed by atoms with Gasteiger partial charge in [-0.1, -0.05) is 37.8 Å². The minimum atomic E-state index is 0.319. The molecule has 0 aromatic heterocycles. The van der Waals surface area contributed by atoms with Crippen molar-refractivity contribution < 1.29 is 5.21 Å². The number of oxime groups is 1. The second kappa shape index (κ2) is 8.35. The average Bonchev–Trinajstić information content (AvgIpc) is 2.66. The summed E-state index contributed by atoms with van der Waals surface area (Å²) in [5.74, 6) is 1.11. The Morgan fingerprint density at radius 1 is 1.33 bits per heavy atom. The molecule has 1 fully saturated rings. The summed E-state index contributed by atoms with van der Waals surface area (Å²) < 4.78 is 0. The van der Waals surface area contributed by atoms with Gasteiger partial charge in [0.25, 0.3) is 0 Å². The van der Waals surface area contributed by atoms with Crippen LogP contribution in [-0.4, -0.2) is 23.1 Å². The lowest BCUT2D eigenvalue weighted by Crippen LogP contribution is -2.42. The van der Waals surface area contributed by atoms with Crippen LogP contribution < -0.4 is 11.1 Å². The molecule has 0 aromatic rings. The van der Waals surface area contributed by atoms with Gasteiger partial charge < -0.3 is 16.3 Å². The molecule has 0 aromatic carbocycles. The fraction of sp³-hybridized carbons (Fsp3) is 0.929. The first kappa shape index (κ1) is 15.3. The Morgan fingerprint density at radius 3 is 2.44 bits per heavy atom. The van der Waals surface area contributed by atoms with Crippen LogP contribution in [0.1, 0.15) is 65.2 Å². The quantitative estimate of drug-likeness (QED) is 0.225. The number of rotatable bonds is 6. The highest BCUT2D eigenvalue weighted by Crippen LogP contribution is 2.25. The van der Waals surface area contributed by atoms with E-state index in [-0.39, 0.29) is 0 Å². The van der Waals surface area contributed by atoms with E-state index in [4.69, 9.17) is 10.9 Å². The van der Waals surface area contributed by atoms with Crippen molar-refractivity contribution in [3.8, 4) is 0 Å². The zero-order valence-corrected chi connectivity index (χ0v) is 11.9. The predicted molar refractivity (Wildman–Crippen MR) is 75.9 cm³/mol. The summed E-state index contributed by atoms with van der Waals surface area (Å²) >= 11 is 0. The van der Waals surface area contributed by atoms with Crippen LogP contribution in [0.5, 0.6) is 0 Å². The Bertz CT molecular complexity index is 247. The molecule has 4 nitrogen and oxygen atoms in total. The molecule has 4 N–H and O–H groups in total. The third-order valence-electron chi connectivity index (χ3n) is 4.18. The van der Waals surface area contributed by atoms with Crippen LogP contribution >= 0.6 is 0 Å². The Labute approximate surface area is 111 Å². The summed E-state index contributed by atoms with van der Waals surface area (Å²) in [7, 11) is 0. The normalized spacial score (nSPS) is 22.4. The van der Waals surface area contributed by atoms with Crippen molar-refractivity contribution in [1.29, 1.82) is 0 Å². The lowest BCUT2D eigenvalue weighted by Gasteiger charge is -2.28. The lowest BCUT2D eigenvalue weighted by atomic mass is 9.92. The molecule has 18 heavy (non-hydrogen) atoms. The molecule has 2 atom stereocenters. The van der Waals surface area contributed by atoms with E-state index in [0.717, 1.165) is 12.3 Å². The van der Waals surface area contributed by atoms with E-state index >= 15 is 0 Å². The molecule has 1 rings (SSSR count). The first-order valence-corrected chi connectivity index (χ1v) is 7.39. The van der Waals surface area contributed by atoms with Gasteiger partial charge in [-0.3, -0.25) is 0 Å². The molecule has 0 bridgehead atoms. The lowest BCUT2D eigenvalue weighted by molar-refractivity contribution is 0.299. The van der Waals surface area contributed by atoms with E-state index in [1.807, 2.05) is 0 Å². The molecule has 1 aliphatic rings. The van der Waals surface area contributed by atoms with Crippen molar-refractivity contribution in [3.63, 3.8) is 0 Å². The van der Waals surface area contributed by atoms with Crippen LogP contribution in [0.15, 0.2) is 5.16 Å². The van der Waals surface area contributed by atoms with Crippen molar-refractivity contribution in [3.05, 3.63) is 0 Å². The minimum absolute atomic E-state index is 0.319. The van der Waals surface area contributed by atoms with Crippen molar-refractivity contribution in [2.75, 3.05) is 0 Å². The maximum absolute atomic E-state index is 8.63. The minimum Gasteiger partial charge on any atom is -0.409 e. The largest absolute Gasteiger partial charge is 0.409 e. The second-order valence-electron chi connectivity index (χ2n) is 5.61. The molecule has 1 aliphatic carbocycles. The summed E-state index contributed by atoms with van der Waals surface area (Å²) in [6.45, 7) is 4.42. The van der Waals surface area contributed by atoms with Gasteiger partial charge in [-0.2, -0.15) is 0 Å². The third-order valence-corrected chi connectivity index (χ3v) is 4.18. The molecule has 0 aliphatic heterocycles. The molecular formula is C14H29N3O. The molecule has 0 spiro atoms. The van der Waals surface area contributed by atoms with Crippen molar-refractivity contribution in [2.24, 2.45) is 16.8 Å². The van der Waals surface area contributed by atoms with Gasteiger partial charge in [-0.15, -0.1) is 0 Å². The highest BCUT2D eigenvalue weighted by Gasteiger charge is 2.21. The maximum Gasteiger partial charge on any atom is 0.140 e. The number of nitrogens with zero attached hydrogens (tertiary/aromatic N) is 1. The number of hydrogen-bond donors (Lipinski definition) is 3. The molecule has 106 valence electrons. The summed E-state index contributed by atoms with van der Waals surface area (Å²) in [4.78, 5) is 0. The van der Waals surface area contributed by atoms with Gasteiger partial charge in [0.1, 0.15) is 5.84 Å². The average molecular weight is 255 g/mol. The summed E-state index contributed by atoms with van der Waals surface area (Å²) in [5.41, 5.74) is 5.59. The zero-order chi connectivity index (χ0) is 13.4. The SMILES string of the molecule is CCC(CC(N)=NO)N[C@H](C)C1CCCCCC1. The molecule has 1 saturated carbocycles. The van der Waals surface area contributed by atoms with Crippen LogP contribution in [0, 0.1) is 5.92 Å². The van der Waals surface area contributed by atoms with E-state index in [1.165, 1.54) is 38.5 Å². The Morgan fingerprint density at radius 2 is 1.94 bits per heavy atom. The standard InChI is InChI=1S/C14H29N3O/c1-3-13(10-14(15)17-18)16-11(2)12-8-6-4-5-7-9-12/h11-13,16,18H,3-10H2,1-2H3,(H2,15,17)/t11-,13?/m1/s1. The summed E-state index contributed by atoms with van der Waals surface area (Å²) in [5, 5.41) is 15.4. The van der Waals surface area contributed by atoms with Gasteiger partial charge in [-0.25, -0.2) is 0 Å². The van der Waals surface area contributed by atoms with Crippen LogP contribution in [-0.2, 0) is 0 Å². The highest BCUT2D eigenvalue weighted by molar-refractivity contribution is 5.80. The molecular weight excluding hydrogens is 226 g/mol. The Balaban J connectivity index is 2.42. The van der Waals surface area contributed by atoms with Crippen LogP contribution in [0.4, 0.5) is 0 Å². The van der Waals surface area contributed by atoms with Gasteiger partial charge >= 0.3 is 0 Å². The highest BCUT2D eigenvalue weighted by atomic mass is 16.4. The second-order valence-corrected chi connectivity index (χ2v) is 5.61. The number of nitrogens with two attached hydrogens (primary N) is 1. The van der Waals surface area contributed by atoms with Crippen molar-refractivity contribution >= 4 is 5.84 Å². The molecule has 4 heteroatoms. The summed E-state index contributed by atoms with van der Waals surface area (Å²) in [6, 6.07) is 0.846. The number of nitrogens with one attached hydrogen (secondary N) is 1. The molecule has 0 radical (unpaired) electrons. The fourth-order valence-corrected chi connectivity index (χ4v) is 2.93. The van der Waals surface area contributed by atoms with Crippen LogP contribution in [0.2, 0.25) is 0 Å². The molecule has 1 unspecified atom stereocenters. The van der Waals surface area contributed by atoms with E-state index in [9.17, 15) is 0 Å². The molecule has 0 heterocycles. The van der Waals surface area contributed by atoms with Crippen molar-refractivity contribution in [2.45, 2.75) is 77.3 Å². The first-order valence-electron chi connectivity index (χ1n) is 7.39. The van der Waals surface area contributed by atoms with E-state index in [0.29, 0.717) is 24.3 Å². The fourth-order valence-electron chi connectivity index (χ4n) is 2.93. The maximum atomic E-state index is 8.63. The van der Waals surface area contributed by atoms with Gasteiger partial charge in [0.05, 0.1) is 0 Å². The Kier molecular flexibility index (Phi) is 7.09. The van der Waals surface area contributed by atoms with Crippen LogP contribution in [0.25, 0.3) is 0 Å². The van der Waals surface area contributed by atoms with Gasteiger partial charge in [-0.05, 0) is 32.1 Å². The topological polar surface area (TPSA) is 70.6 Å². The monoisotopic (exact) mass is 255 g/mol. The number of amidine groups is 1. The predicted octanol–water partition coefficient (Wildman–Crippen LogP) is 2.85. The van der Waals surface area contributed by atoms with Crippen LogP contribution in [0.3, 0.4) is 0 Å².